The monoisotopic (exact) mass is 513 g/mol. The average molecular weight is 516 g/mol. The Morgan fingerprint density at radius 1 is 1.19 bits per heavy atom. The van der Waals surface area contributed by atoms with Crippen molar-refractivity contribution in [3.63, 3.8) is 0 Å². The Morgan fingerprint density at radius 3 is 2.56 bits per heavy atom. The van der Waals surface area contributed by atoms with E-state index in [-0.39, 0.29) is 24.8 Å². The predicted octanol–water partition coefficient (Wildman–Crippen LogP) is -0.653. The minimum Gasteiger partial charge on any atom is -1.00 e. The van der Waals surface area contributed by atoms with Crippen molar-refractivity contribution in [3.05, 3.63) is 58.0 Å². The van der Waals surface area contributed by atoms with Gasteiger partial charge in [-0.05, 0) is 0 Å². The molecule has 3 aliphatic rings. The van der Waals surface area contributed by atoms with Crippen LogP contribution in [-0.4, -0.2) is 23.2 Å². The first-order valence-electron chi connectivity index (χ1n) is 8.97. The van der Waals surface area contributed by atoms with Crippen molar-refractivity contribution >= 4 is 27.2 Å². The predicted molar refractivity (Wildman–Crippen MR) is 105 cm³/mol. The molecule has 0 aromatic heterocycles. The van der Waals surface area contributed by atoms with Gasteiger partial charge >= 0.3 is 169 Å². The van der Waals surface area contributed by atoms with E-state index in [4.69, 9.17) is 9.16 Å². The molecule has 1 aromatic carbocycles. The molecule has 1 aromatic rings. The van der Waals surface area contributed by atoms with E-state index < -0.39 is 16.4 Å². The van der Waals surface area contributed by atoms with Crippen LogP contribution in [0.5, 0.6) is 0 Å². The van der Waals surface area contributed by atoms with E-state index in [0.717, 1.165) is 15.8 Å². The zero-order chi connectivity index (χ0) is 18.0. The van der Waals surface area contributed by atoms with E-state index in [2.05, 4.69) is 63.1 Å². The Labute approximate surface area is 192 Å². The zero-order valence-electron chi connectivity index (χ0n) is 16.5. The van der Waals surface area contributed by atoms with Gasteiger partial charge in [-0.3, -0.25) is 0 Å². The van der Waals surface area contributed by atoms with Gasteiger partial charge < -0.3 is 24.8 Å². The smallest absolute Gasteiger partial charge is 1.00 e. The van der Waals surface area contributed by atoms with Crippen LogP contribution in [0.25, 0.3) is 10.8 Å². The summed E-state index contributed by atoms with van der Waals surface area (Å²) in [6, 6.07) is 6.89. The summed E-state index contributed by atoms with van der Waals surface area (Å²) in [5.41, 5.74) is 5.99. The fraction of sp³-hybridized carbons (Fsp3) is 0.400. The Bertz CT molecular complexity index is 854. The Hall–Kier alpha value is 0.0969. The maximum absolute atomic E-state index is 5.85. The molecule has 0 spiro atoms. The van der Waals surface area contributed by atoms with Crippen molar-refractivity contribution in [2.24, 2.45) is 0 Å². The summed E-state index contributed by atoms with van der Waals surface area (Å²) in [6.45, 7) is 11.9. The second-order valence-electron chi connectivity index (χ2n) is 8.62. The first-order chi connectivity index (χ1) is 11.7. The van der Waals surface area contributed by atoms with Crippen LogP contribution >= 0.6 is 0 Å². The summed E-state index contributed by atoms with van der Waals surface area (Å²) in [5, 5.41) is 3.57. The van der Waals surface area contributed by atoms with Crippen molar-refractivity contribution in [2.45, 2.75) is 42.8 Å². The quantitative estimate of drug-likeness (QED) is 0.383. The molecule has 0 bridgehead atoms. The van der Waals surface area contributed by atoms with E-state index in [1.807, 2.05) is 5.20 Å². The van der Waals surface area contributed by atoms with Crippen molar-refractivity contribution in [1.82, 2.24) is 0 Å². The van der Waals surface area contributed by atoms with Crippen LogP contribution in [0.15, 0.2) is 41.3 Å². The number of fused-ring (bicyclic) bond motifs is 2. The van der Waals surface area contributed by atoms with Crippen molar-refractivity contribution < 1.29 is 58.7 Å². The SMILES string of the molecule is C[Si](C)(C)OCOC1=CCC(c2cccc3c2C2=C([CH]3[Zr+2])[Si]2(C)C)=C1.[Cl-].[Cl-]. The average Bonchev–Trinajstić information content (AvgIpc) is 2.87. The fourth-order valence-electron chi connectivity index (χ4n) is 4.03. The van der Waals surface area contributed by atoms with Gasteiger partial charge in [0.25, 0.3) is 0 Å². The van der Waals surface area contributed by atoms with Crippen LogP contribution < -0.4 is 24.8 Å². The van der Waals surface area contributed by atoms with Crippen LogP contribution in [0.1, 0.15) is 26.7 Å². The number of hydrogen-bond donors (Lipinski definition) is 0. The summed E-state index contributed by atoms with van der Waals surface area (Å²) in [7, 11) is -2.72. The molecule has 1 atom stereocenters. The molecule has 2 aliphatic carbocycles. The molecule has 0 saturated heterocycles. The number of benzene rings is 1. The van der Waals surface area contributed by atoms with Crippen LogP contribution in [-0.2, 0) is 33.9 Å². The van der Waals surface area contributed by atoms with Gasteiger partial charge in [0.15, 0.2) is 0 Å². The molecule has 1 heterocycles. The first kappa shape index (κ1) is 23.4. The van der Waals surface area contributed by atoms with Gasteiger partial charge in [0.2, 0.25) is 0 Å². The fourth-order valence-corrected chi connectivity index (χ4v) is 12.2. The van der Waals surface area contributed by atoms with E-state index in [1.54, 1.807) is 41.0 Å². The van der Waals surface area contributed by atoms with Gasteiger partial charge in [-0.1, -0.05) is 0 Å². The summed E-state index contributed by atoms with van der Waals surface area (Å²) in [6.07, 6.45) is 5.37. The summed E-state index contributed by atoms with van der Waals surface area (Å²) in [5.74, 6) is 0.962. The van der Waals surface area contributed by atoms with Gasteiger partial charge in [-0.15, -0.1) is 0 Å². The molecule has 2 nitrogen and oxygen atoms in total. The van der Waals surface area contributed by atoms with Gasteiger partial charge in [0, 0.05) is 0 Å². The molecule has 7 heteroatoms. The largest absolute Gasteiger partial charge is 1.00 e. The number of ether oxygens (including phenoxy) is 1. The molecule has 0 fully saturated rings. The Kier molecular flexibility index (Phi) is 7.00. The van der Waals surface area contributed by atoms with E-state index in [9.17, 15) is 0 Å². The number of rotatable bonds is 5. The molecule has 143 valence electrons. The Balaban J connectivity index is 0.00000131. The van der Waals surface area contributed by atoms with Crippen LogP contribution in [0, 0.1) is 0 Å². The maximum atomic E-state index is 5.85. The van der Waals surface area contributed by atoms with E-state index in [1.165, 1.54) is 11.1 Å². The van der Waals surface area contributed by atoms with Crippen LogP contribution in [0.3, 0.4) is 0 Å². The topological polar surface area (TPSA) is 18.5 Å². The minimum atomic E-state index is -1.52. The molecule has 1 unspecified atom stereocenters. The third kappa shape index (κ3) is 4.20. The van der Waals surface area contributed by atoms with E-state index >= 15 is 0 Å². The molecule has 0 radical (unpaired) electrons. The molecular formula is C20H25Cl2O2Si2Zr. The van der Waals surface area contributed by atoms with Gasteiger partial charge in [0.1, 0.15) is 0 Å². The molecule has 4 rings (SSSR count). The first-order valence-corrected chi connectivity index (χ1v) is 16.8. The molecular weight excluding hydrogens is 491 g/mol. The normalized spacial score (nSPS) is 21.5. The zero-order valence-corrected chi connectivity index (χ0v) is 22.4. The van der Waals surface area contributed by atoms with Gasteiger partial charge in [-0.2, -0.15) is 0 Å². The molecule has 0 saturated carbocycles. The van der Waals surface area contributed by atoms with Crippen LogP contribution in [0.2, 0.25) is 32.7 Å². The molecule has 0 amide bonds. The minimum absolute atomic E-state index is 0. The van der Waals surface area contributed by atoms with Gasteiger partial charge in [0.05, 0.1) is 0 Å². The van der Waals surface area contributed by atoms with Crippen molar-refractivity contribution in [3.8, 4) is 0 Å². The molecule has 0 N–H and O–H groups in total. The van der Waals surface area contributed by atoms with Crippen molar-refractivity contribution in [2.75, 3.05) is 6.79 Å². The summed E-state index contributed by atoms with van der Waals surface area (Å²) >= 11 is 1.64. The Morgan fingerprint density at radius 2 is 1.89 bits per heavy atom. The molecule has 27 heavy (non-hydrogen) atoms. The standard InChI is InChI=1S/C20H25O2Si2.2ClH.Zr/c1-23(2,3)22-13-21-16-10-9-14(11-16)17-8-6-7-15-12-18-20(19(15)17)24(18,4)5;;;/h6-8,10-12H,9,13H2,1-5H3;2*1H;/q;;;+2/p-2. The second kappa shape index (κ2) is 8.08. The third-order valence-corrected chi connectivity index (χ3v) is 11.9. The van der Waals surface area contributed by atoms with Crippen molar-refractivity contribution in [1.29, 1.82) is 0 Å². The third-order valence-electron chi connectivity index (χ3n) is 5.35. The number of hydrogen-bond acceptors (Lipinski definition) is 2. The van der Waals surface area contributed by atoms with Crippen LogP contribution in [0.4, 0.5) is 0 Å². The number of halogens is 2. The summed E-state index contributed by atoms with van der Waals surface area (Å²) in [4.78, 5) is 0. The molecule has 1 aliphatic heterocycles. The number of allylic oxidation sites excluding steroid dienone is 4. The summed E-state index contributed by atoms with van der Waals surface area (Å²) < 4.78 is 12.4. The van der Waals surface area contributed by atoms with Gasteiger partial charge in [-0.25, -0.2) is 0 Å². The van der Waals surface area contributed by atoms with E-state index in [0.29, 0.717) is 6.79 Å². The second-order valence-corrected chi connectivity index (χ2v) is 18.8. The maximum Gasteiger partial charge on any atom is -1.00 e.